The molecule has 2 N–H and O–H groups in total. The van der Waals surface area contributed by atoms with E-state index < -0.39 is 6.04 Å². The van der Waals surface area contributed by atoms with Crippen LogP contribution in [-0.4, -0.2) is 41.5 Å². The Balaban J connectivity index is 1.27. The molecule has 3 fully saturated rings. The molecular formula is C20H26FN3O2. The first-order chi connectivity index (χ1) is 12.6. The van der Waals surface area contributed by atoms with Crippen LogP contribution in [0, 0.1) is 5.82 Å². The average molecular weight is 359 g/mol. The molecule has 3 aliphatic rings. The fraction of sp³-hybridized carbons (Fsp3) is 0.600. The summed E-state index contributed by atoms with van der Waals surface area (Å²) in [6, 6.07) is 6.59. The minimum Gasteiger partial charge on any atom is -0.338 e. The third-order valence-corrected chi connectivity index (χ3v) is 6.17. The summed E-state index contributed by atoms with van der Waals surface area (Å²) in [5.74, 6) is 0.0273. The van der Waals surface area contributed by atoms with Crippen LogP contribution in [0.1, 0.15) is 56.4 Å². The molecule has 1 aromatic rings. The van der Waals surface area contributed by atoms with E-state index >= 15 is 0 Å². The van der Waals surface area contributed by atoms with Gasteiger partial charge in [0.25, 0.3) is 0 Å². The summed E-state index contributed by atoms with van der Waals surface area (Å²) in [5.41, 5.74) is 0.735. The summed E-state index contributed by atoms with van der Waals surface area (Å²) in [6.07, 6.45) is 6.49. The van der Waals surface area contributed by atoms with Gasteiger partial charge in [-0.05, 0) is 62.5 Å². The molecule has 2 aliphatic carbocycles. The quantitative estimate of drug-likeness (QED) is 0.868. The highest BCUT2D eigenvalue weighted by Gasteiger charge is 2.39. The molecule has 3 atom stereocenters. The Morgan fingerprint density at radius 1 is 1.08 bits per heavy atom. The van der Waals surface area contributed by atoms with Crippen LogP contribution in [0.15, 0.2) is 24.3 Å². The first kappa shape index (κ1) is 17.3. The molecule has 5 nitrogen and oxygen atoms in total. The van der Waals surface area contributed by atoms with Crippen molar-refractivity contribution >= 4 is 11.9 Å². The molecule has 0 radical (unpaired) electrons. The lowest BCUT2D eigenvalue weighted by atomic mass is 9.92. The monoisotopic (exact) mass is 359 g/mol. The van der Waals surface area contributed by atoms with Gasteiger partial charge in [-0.15, -0.1) is 0 Å². The number of carbonyl (C=O) groups is 2. The van der Waals surface area contributed by atoms with Crippen LogP contribution in [-0.2, 0) is 4.79 Å². The van der Waals surface area contributed by atoms with E-state index in [0.717, 1.165) is 44.2 Å². The van der Waals surface area contributed by atoms with Gasteiger partial charge in [0, 0.05) is 18.6 Å². The van der Waals surface area contributed by atoms with Gasteiger partial charge in [-0.2, -0.15) is 0 Å². The van der Waals surface area contributed by atoms with Crippen LogP contribution in [0.4, 0.5) is 9.18 Å². The molecule has 0 spiro atoms. The maximum atomic E-state index is 13.9. The van der Waals surface area contributed by atoms with Crippen LogP contribution in [0.2, 0.25) is 0 Å². The normalized spacial score (nSPS) is 28.9. The summed E-state index contributed by atoms with van der Waals surface area (Å²) in [4.78, 5) is 26.7. The summed E-state index contributed by atoms with van der Waals surface area (Å²) in [7, 11) is 0. The Bertz CT molecular complexity index is 691. The summed E-state index contributed by atoms with van der Waals surface area (Å²) in [6.45, 7) is 0.743. The van der Waals surface area contributed by atoms with Gasteiger partial charge in [-0.3, -0.25) is 4.79 Å². The van der Waals surface area contributed by atoms with Crippen molar-refractivity contribution in [2.24, 2.45) is 0 Å². The largest absolute Gasteiger partial charge is 0.338 e. The molecule has 3 amide bonds. The molecule has 26 heavy (non-hydrogen) atoms. The molecule has 6 heteroatoms. The molecule has 0 aromatic heterocycles. The van der Waals surface area contributed by atoms with Gasteiger partial charge in [0.2, 0.25) is 5.91 Å². The van der Waals surface area contributed by atoms with E-state index in [2.05, 4.69) is 10.6 Å². The van der Waals surface area contributed by atoms with Gasteiger partial charge >= 0.3 is 6.03 Å². The average Bonchev–Trinajstić information content (AvgIpc) is 3.16. The predicted octanol–water partition coefficient (Wildman–Crippen LogP) is 2.91. The number of urea groups is 1. The maximum absolute atomic E-state index is 13.9. The van der Waals surface area contributed by atoms with Crippen molar-refractivity contribution in [1.29, 1.82) is 0 Å². The second-order valence-electron chi connectivity index (χ2n) is 7.80. The van der Waals surface area contributed by atoms with Crippen LogP contribution in [0.25, 0.3) is 0 Å². The number of rotatable bonds is 4. The highest BCUT2D eigenvalue weighted by molar-refractivity contribution is 5.89. The van der Waals surface area contributed by atoms with E-state index in [1.54, 1.807) is 6.07 Å². The molecule has 2 saturated carbocycles. The zero-order valence-corrected chi connectivity index (χ0v) is 14.9. The van der Waals surface area contributed by atoms with Gasteiger partial charge < -0.3 is 15.5 Å². The number of hydrogen-bond acceptors (Lipinski definition) is 2. The predicted molar refractivity (Wildman–Crippen MR) is 96.2 cm³/mol. The molecule has 4 rings (SSSR count). The van der Waals surface area contributed by atoms with E-state index in [1.165, 1.54) is 12.5 Å². The molecular weight excluding hydrogens is 333 g/mol. The lowest BCUT2D eigenvalue weighted by Gasteiger charge is -2.34. The van der Waals surface area contributed by atoms with Crippen molar-refractivity contribution in [2.75, 3.05) is 6.54 Å². The number of benzene rings is 1. The van der Waals surface area contributed by atoms with Crippen molar-refractivity contribution in [3.8, 4) is 0 Å². The minimum absolute atomic E-state index is 0.0267. The Labute approximate surface area is 153 Å². The first-order valence-corrected chi connectivity index (χ1v) is 9.74. The summed E-state index contributed by atoms with van der Waals surface area (Å²) >= 11 is 0. The smallest absolute Gasteiger partial charge is 0.315 e. The van der Waals surface area contributed by atoms with Gasteiger partial charge in [-0.1, -0.05) is 18.2 Å². The van der Waals surface area contributed by atoms with Crippen LogP contribution < -0.4 is 10.6 Å². The Morgan fingerprint density at radius 3 is 2.62 bits per heavy atom. The molecule has 140 valence electrons. The third-order valence-electron chi connectivity index (χ3n) is 6.17. The number of amides is 3. The maximum Gasteiger partial charge on any atom is 0.315 e. The van der Waals surface area contributed by atoms with E-state index in [0.29, 0.717) is 12.5 Å². The van der Waals surface area contributed by atoms with Crippen molar-refractivity contribution < 1.29 is 14.0 Å². The lowest BCUT2D eigenvalue weighted by Crippen LogP contribution is -2.50. The van der Waals surface area contributed by atoms with Crippen molar-refractivity contribution in [3.63, 3.8) is 0 Å². The Morgan fingerprint density at radius 2 is 1.88 bits per heavy atom. The minimum atomic E-state index is -0.403. The molecule has 1 saturated heterocycles. The number of nitrogens with zero attached hydrogens (tertiary/aromatic N) is 1. The lowest BCUT2D eigenvalue weighted by molar-refractivity contribution is -0.132. The van der Waals surface area contributed by atoms with Gasteiger partial charge in [-0.25, -0.2) is 9.18 Å². The van der Waals surface area contributed by atoms with E-state index in [1.807, 2.05) is 17.0 Å². The highest BCUT2D eigenvalue weighted by atomic mass is 19.1. The van der Waals surface area contributed by atoms with Gasteiger partial charge in [0.1, 0.15) is 11.9 Å². The molecule has 3 unspecified atom stereocenters. The highest BCUT2D eigenvalue weighted by Crippen LogP contribution is 2.35. The zero-order valence-electron chi connectivity index (χ0n) is 14.9. The topological polar surface area (TPSA) is 61.4 Å². The van der Waals surface area contributed by atoms with Crippen LogP contribution >= 0.6 is 0 Å². The molecule has 1 heterocycles. The van der Waals surface area contributed by atoms with Crippen molar-refractivity contribution in [3.05, 3.63) is 35.6 Å². The zero-order chi connectivity index (χ0) is 18.1. The second-order valence-corrected chi connectivity index (χ2v) is 7.80. The standard InChI is InChI=1S/C20H26FN3O2/c21-17-7-2-1-6-16(17)13-8-9-14(12-13)22-20(26)23-18-10-11-24(19(18)25)15-4-3-5-15/h1-2,6-7,13-15,18H,3-5,8-12H2,(H2,22,23,26). The Kier molecular flexibility index (Phi) is 4.83. The second kappa shape index (κ2) is 7.25. The number of halogens is 1. The molecule has 1 aliphatic heterocycles. The number of likely N-dealkylation sites (tertiary alicyclic amines) is 1. The fourth-order valence-electron chi connectivity index (χ4n) is 4.48. The van der Waals surface area contributed by atoms with Crippen LogP contribution in [0.3, 0.4) is 0 Å². The summed E-state index contributed by atoms with van der Waals surface area (Å²) in [5, 5.41) is 5.81. The Hall–Kier alpha value is -2.11. The third kappa shape index (κ3) is 3.41. The van der Waals surface area contributed by atoms with E-state index in [9.17, 15) is 14.0 Å². The molecule has 1 aromatic carbocycles. The fourth-order valence-corrected chi connectivity index (χ4v) is 4.48. The van der Waals surface area contributed by atoms with E-state index in [4.69, 9.17) is 0 Å². The van der Waals surface area contributed by atoms with Gasteiger partial charge in [0.15, 0.2) is 0 Å². The number of hydrogen-bond donors (Lipinski definition) is 2. The SMILES string of the molecule is O=C(NC1CCC(c2ccccc2F)C1)NC1CCN(C2CCC2)C1=O. The number of carbonyl (C=O) groups excluding carboxylic acids is 2. The summed E-state index contributed by atoms with van der Waals surface area (Å²) < 4.78 is 13.9. The molecule has 0 bridgehead atoms. The van der Waals surface area contributed by atoms with E-state index in [-0.39, 0.29) is 29.7 Å². The number of nitrogens with one attached hydrogen (secondary N) is 2. The van der Waals surface area contributed by atoms with Crippen molar-refractivity contribution in [1.82, 2.24) is 15.5 Å². The van der Waals surface area contributed by atoms with Gasteiger partial charge in [0.05, 0.1) is 0 Å². The first-order valence-electron chi connectivity index (χ1n) is 9.74. The van der Waals surface area contributed by atoms with Crippen LogP contribution in [0.5, 0.6) is 0 Å². The van der Waals surface area contributed by atoms with Crippen molar-refractivity contribution in [2.45, 2.75) is 69.0 Å².